The van der Waals surface area contributed by atoms with Gasteiger partial charge in [-0.1, -0.05) is 46.9 Å². The van der Waals surface area contributed by atoms with E-state index >= 15 is 0 Å². The van der Waals surface area contributed by atoms with Crippen molar-refractivity contribution in [3.05, 3.63) is 69.0 Å². The van der Waals surface area contributed by atoms with Gasteiger partial charge in [0.15, 0.2) is 5.69 Å². The molecule has 6 nitrogen and oxygen atoms in total. The average molecular weight is 490 g/mol. The van der Waals surface area contributed by atoms with Crippen LogP contribution in [0.1, 0.15) is 31.2 Å². The van der Waals surface area contributed by atoms with Gasteiger partial charge in [-0.05, 0) is 57.0 Å². The second-order valence-electron chi connectivity index (χ2n) is 8.08. The first-order chi connectivity index (χ1) is 15.3. The van der Waals surface area contributed by atoms with E-state index in [1.165, 1.54) is 0 Å². The minimum absolute atomic E-state index is 0.295. The van der Waals surface area contributed by atoms with Gasteiger partial charge in [-0.2, -0.15) is 5.10 Å². The van der Waals surface area contributed by atoms with E-state index in [4.69, 9.17) is 44.3 Å². The molecule has 1 aliphatic rings. The van der Waals surface area contributed by atoms with Gasteiger partial charge in [0.1, 0.15) is 0 Å². The highest BCUT2D eigenvalue weighted by Gasteiger charge is 2.53. The van der Waals surface area contributed by atoms with Crippen LogP contribution in [0.15, 0.2) is 46.9 Å². The maximum absolute atomic E-state index is 10.2. The van der Waals surface area contributed by atoms with Crippen LogP contribution in [0, 0.1) is 6.92 Å². The molecule has 2 heterocycles. The third-order valence-electron chi connectivity index (χ3n) is 6.02. The Kier molecular flexibility index (Phi) is 5.29. The number of hydrogen-bond donors (Lipinski definition) is 1. The SMILES string of the molecule is Cc1c(-c2nnc(C3(C(C)O)CC3)o2)nn(-c2ccc(Cl)cc2Cl)c1-c1ccc(Cl)cc1. The third kappa shape index (κ3) is 3.52. The molecule has 1 saturated carbocycles. The molecule has 0 aliphatic heterocycles. The molecule has 2 aromatic heterocycles. The molecular weight excluding hydrogens is 471 g/mol. The zero-order valence-corrected chi connectivity index (χ0v) is 19.6. The van der Waals surface area contributed by atoms with Gasteiger partial charge in [0.25, 0.3) is 5.89 Å². The van der Waals surface area contributed by atoms with E-state index < -0.39 is 11.5 Å². The maximum atomic E-state index is 10.2. The Morgan fingerprint density at radius 1 is 1.03 bits per heavy atom. The summed E-state index contributed by atoms with van der Waals surface area (Å²) in [5.41, 5.74) is 3.31. The Labute approximate surface area is 199 Å². The van der Waals surface area contributed by atoms with E-state index in [1.54, 1.807) is 23.7 Å². The van der Waals surface area contributed by atoms with Gasteiger partial charge in [-0.3, -0.25) is 0 Å². The molecule has 0 saturated heterocycles. The first-order valence-corrected chi connectivity index (χ1v) is 11.3. The molecule has 0 spiro atoms. The van der Waals surface area contributed by atoms with Gasteiger partial charge in [0, 0.05) is 21.2 Å². The highest BCUT2D eigenvalue weighted by Crippen LogP contribution is 2.50. The van der Waals surface area contributed by atoms with Crippen molar-refractivity contribution in [2.75, 3.05) is 0 Å². The van der Waals surface area contributed by atoms with E-state index in [0.717, 1.165) is 29.7 Å². The molecule has 5 rings (SSSR count). The lowest BCUT2D eigenvalue weighted by Gasteiger charge is -2.12. The largest absolute Gasteiger partial charge is 0.419 e. The predicted molar refractivity (Wildman–Crippen MR) is 125 cm³/mol. The van der Waals surface area contributed by atoms with Gasteiger partial charge in [-0.25, -0.2) is 4.68 Å². The van der Waals surface area contributed by atoms with Gasteiger partial charge in [0.05, 0.1) is 27.9 Å². The second-order valence-corrected chi connectivity index (χ2v) is 9.36. The zero-order valence-electron chi connectivity index (χ0n) is 17.3. The molecule has 0 amide bonds. The standard InChI is InChI=1S/C23H19Cl3N4O2/c1-12-19(21-27-28-22(32-21)23(9-10-23)13(2)31)29-30(18-8-7-16(25)11-17(18)26)20(12)14-3-5-15(24)6-4-14/h3-8,11,13,31H,9-10H2,1-2H3. The van der Waals surface area contributed by atoms with Crippen molar-refractivity contribution in [3.63, 3.8) is 0 Å². The first kappa shape index (κ1) is 21.5. The zero-order chi connectivity index (χ0) is 22.6. The van der Waals surface area contributed by atoms with Crippen LogP contribution in [-0.2, 0) is 5.41 Å². The van der Waals surface area contributed by atoms with Crippen molar-refractivity contribution >= 4 is 34.8 Å². The Balaban J connectivity index is 1.68. The van der Waals surface area contributed by atoms with E-state index in [-0.39, 0.29) is 0 Å². The summed E-state index contributed by atoms with van der Waals surface area (Å²) in [6.45, 7) is 3.69. The highest BCUT2D eigenvalue weighted by molar-refractivity contribution is 6.35. The lowest BCUT2D eigenvalue weighted by Crippen LogP contribution is -2.22. The van der Waals surface area contributed by atoms with E-state index in [9.17, 15) is 5.11 Å². The van der Waals surface area contributed by atoms with Crippen LogP contribution >= 0.6 is 34.8 Å². The molecule has 1 fully saturated rings. The lowest BCUT2D eigenvalue weighted by atomic mass is 10.0. The summed E-state index contributed by atoms with van der Waals surface area (Å²) in [6, 6.07) is 12.7. The Hall–Kier alpha value is -2.38. The van der Waals surface area contributed by atoms with Crippen LogP contribution in [0.3, 0.4) is 0 Å². The minimum Gasteiger partial charge on any atom is -0.419 e. The molecule has 32 heavy (non-hydrogen) atoms. The fraction of sp³-hybridized carbons (Fsp3) is 0.261. The summed E-state index contributed by atoms with van der Waals surface area (Å²) in [7, 11) is 0. The number of nitrogens with zero attached hydrogens (tertiary/aromatic N) is 4. The van der Waals surface area contributed by atoms with Crippen molar-refractivity contribution in [2.45, 2.75) is 38.2 Å². The summed E-state index contributed by atoms with van der Waals surface area (Å²) in [5.74, 6) is 0.734. The molecule has 0 radical (unpaired) electrons. The number of benzene rings is 2. The molecular formula is C23H19Cl3N4O2. The van der Waals surface area contributed by atoms with Gasteiger partial charge in [0.2, 0.25) is 5.89 Å². The maximum Gasteiger partial charge on any atom is 0.268 e. The second kappa shape index (κ2) is 7.89. The van der Waals surface area contributed by atoms with Crippen LogP contribution in [0.4, 0.5) is 0 Å². The third-order valence-corrected chi connectivity index (χ3v) is 6.81. The Morgan fingerprint density at radius 2 is 1.72 bits per heavy atom. The molecule has 164 valence electrons. The number of aliphatic hydroxyl groups excluding tert-OH is 1. The number of hydrogen-bond acceptors (Lipinski definition) is 5. The fourth-order valence-corrected chi connectivity index (χ4v) is 4.55. The van der Waals surface area contributed by atoms with Crippen molar-refractivity contribution in [2.24, 2.45) is 0 Å². The van der Waals surface area contributed by atoms with Crippen LogP contribution in [0.2, 0.25) is 15.1 Å². The van der Waals surface area contributed by atoms with Gasteiger partial charge >= 0.3 is 0 Å². The molecule has 1 unspecified atom stereocenters. The number of rotatable bonds is 5. The minimum atomic E-state index is -0.563. The molecule has 0 bridgehead atoms. The van der Waals surface area contributed by atoms with Crippen molar-refractivity contribution in [1.82, 2.24) is 20.0 Å². The first-order valence-electron chi connectivity index (χ1n) is 10.1. The summed E-state index contributed by atoms with van der Waals surface area (Å²) < 4.78 is 7.76. The van der Waals surface area contributed by atoms with Crippen molar-refractivity contribution in [1.29, 1.82) is 0 Å². The summed E-state index contributed by atoms with van der Waals surface area (Å²) >= 11 is 18.7. The fourth-order valence-electron chi connectivity index (χ4n) is 3.94. The molecule has 9 heteroatoms. The molecule has 1 N–H and O–H groups in total. The predicted octanol–water partition coefficient (Wildman–Crippen LogP) is 6.27. The Bertz CT molecular complexity index is 1310. The topological polar surface area (TPSA) is 77.0 Å². The van der Waals surface area contributed by atoms with Gasteiger partial charge in [-0.15, -0.1) is 10.2 Å². The number of aromatic nitrogens is 4. The molecule has 1 aliphatic carbocycles. The lowest BCUT2D eigenvalue weighted by molar-refractivity contribution is 0.136. The van der Waals surface area contributed by atoms with Gasteiger partial charge < -0.3 is 9.52 Å². The highest BCUT2D eigenvalue weighted by atomic mass is 35.5. The normalized spacial score (nSPS) is 15.7. The van der Waals surface area contributed by atoms with Crippen molar-refractivity contribution < 1.29 is 9.52 Å². The molecule has 4 aromatic rings. The molecule has 1 atom stereocenters. The van der Waals surface area contributed by atoms with Crippen LogP contribution in [0.5, 0.6) is 0 Å². The van der Waals surface area contributed by atoms with E-state index in [1.807, 2.05) is 37.3 Å². The number of halogens is 3. The van der Waals surface area contributed by atoms with Crippen LogP contribution in [0.25, 0.3) is 28.5 Å². The quantitative estimate of drug-likeness (QED) is 0.357. The average Bonchev–Trinajstić information content (AvgIpc) is 3.31. The summed E-state index contributed by atoms with van der Waals surface area (Å²) in [4.78, 5) is 0. The van der Waals surface area contributed by atoms with E-state index in [2.05, 4.69) is 10.2 Å². The summed E-state index contributed by atoms with van der Waals surface area (Å²) in [6.07, 6.45) is 1.07. The monoisotopic (exact) mass is 488 g/mol. The summed E-state index contributed by atoms with van der Waals surface area (Å²) in [5, 5.41) is 25.1. The van der Waals surface area contributed by atoms with Crippen LogP contribution in [-0.4, -0.2) is 31.2 Å². The smallest absolute Gasteiger partial charge is 0.268 e. The van der Waals surface area contributed by atoms with Crippen LogP contribution < -0.4 is 0 Å². The Morgan fingerprint density at radius 3 is 2.34 bits per heavy atom. The number of aliphatic hydroxyl groups is 1. The molecule has 2 aromatic carbocycles. The van der Waals surface area contributed by atoms with Crippen molar-refractivity contribution in [3.8, 4) is 28.5 Å². The van der Waals surface area contributed by atoms with E-state index in [0.29, 0.717) is 38.2 Å².